The van der Waals surface area contributed by atoms with Crippen LogP contribution in [0, 0.1) is 0 Å². The summed E-state index contributed by atoms with van der Waals surface area (Å²) in [5, 5.41) is 0. The first-order chi connectivity index (χ1) is 7.77. The molecule has 0 aliphatic carbocycles. The van der Waals surface area contributed by atoms with Crippen LogP contribution in [0.1, 0.15) is 25.0 Å². The summed E-state index contributed by atoms with van der Waals surface area (Å²) in [6.45, 7) is 3.40. The Kier molecular flexibility index (Phi) is 3.88. The standard InChI is InChI=1S/C12H18N2O2/c1-9(13)12(10-3-2-5-14-7-10)16-11-4-6-15-8-11/h2-3,5,7,9,11-12H,4,6,8,13H2,1H3. The summed E-state index contributed by atoms with van der Waals surface area (Å²) in [4.78, 5) is 4.10. The molecule has 3 unspecified atom stereocenters. The van der Waals surface area contributed by atoms with Gasteiger partial charge in [0.2, 0.25) is 0 Å². The van der Waals surface area contributed by atoms with Gasteiger partial charge in [0.1, 0.15) is 0 Å². The first kappa shape index (κ1) is 11.5. The van der Waals surface area contributed by atoms with Crippen LogP contribution in [0.4, 0.5) is 0 Å². The van der Waals surface area contributed by atoms with Crippen LogP contribution >= 0.6 is 0 Å². The smallest absolute Gasteiger partial charge is 0.0992 e. The molecule has 0 bridgehead atoms. The Bertz CT molecular complexity index is 310. The van der Waals surface area contributed by atoms with Gasteiger partial charge in [-0.3, -0.25) is 4.98 Å². The first-order valence-electron chi connectivity index (χ1n) is 5.66. The van der Waals surface area contributed by atoms with Crippen molar-refractivity contribution in [2.45, 2.75) is 31.6 Å². The molecule has 1 aromatic heterocycles. The van der Waals surface area contributed by atoms with Crippen LogP contribution in [-0.4, -0.2) is 30.3 Å². The van der Waals surface area contributed by atoms with Crippen LogP contribution < -0.4 is 5.73 Å². The molecule has 1 aliphatic heterocycles. The summed E-state index contributed by atoms with van der Waals surface area (Å²) >= 11 is 0. The minimum Gasteiger partial charge on any atom is -0.379 e. The molecule has 1 saturated heterocycles. The van der Waals surface area contributed by atoms with Crippen LogP contribution in [-0.2, 0) is 9.47 Å². The molecule has 0 spiro atoms. The summed E-state index contributed by atoms with van der Waals surface area (Å²) < 4.78 is 11.3. The first-order valence-corrected chi connectivity index (χ1v) is 5.66. The number of hydrogen-bond acceptors (Lipinski definition) is 4. The number of nitrogens with two attached hydrogens (primary N) is 1. The third-order valence-corrected chi connectivity index (χ3v) is 2.72. The van der Waals surface area contributed by atoms with E-state index in [0.717, 1.165) is 18.6 Å². The summed E-state index contributed by atoms with van der Waals surface area (Å²) in [6.07, 6.45) is 4.57. The predicted molar refractivity (Wildman–Crippen MR) is 60.9 cm³/mol. The molecule has 0 saturated carbocycles. The molecule has 1 fully saturated rings. The Labute approximate surface area is 95.8 Å². The van der Waals surface area contributed by atoms with Crippen molar-refractivity contribution < 1.29 is 9.47 Å². The Morgan fingerprint density at radius 2 is 2.50 bits per heavy atom. The van der Waals surface area contributed by atoms with Gasteiger partial charge in [-0.15, -0.1) is 0 Å². The zero-order valence-corrected chi connectivity index (χ0v) is 9.50. The summed E-state index contributed by atoms with van der Waals surface area (Å²) in [5.74, 6) is 0. The molecular weight excluding hydrogens is 204 g/mol. The van der Waals surface area contributed by atoms with Crippen molar-refractivity contribution in [1.82, 2.24) is 4.98 Å². The van der Waals surface area contributed by atoms with Gasteiger partial charge in [0.15, 0.2) is 0 Å². The van der Waals surface area contributed by atoms with Crippen molar-refractivity contribution in [3.8, 4) is 0 Å². The number of pyridine rings is 1. The molecule has 0 amide bonds. The molecule has 1 aliphatic rings. The van der Waals surface area contributed by atoms with Crippen LogP contribution in [0.15, 0.2) is 24.5 Å². The van der Waals surface area contributed by atoms with Crippen LogP contribution in [0.5, 0.6) is 0 Å². The lowest BCUT2D eigenvalue weighted by molar-refractivity contribution is -0.0270. The zero-order chi connectivity index (χ0) is 11.4. The second-order valence-corrected chi connectivity index (χ2v) is 4.19. The molecule has 4 nitrogen and oxygen atoms in total. The lowest BCUT2D eigenvalue weighted by Crippen LogP contribution is -2.30. The van der Waals surface area contributed by atoms with Crippen molar-refractivity contribution in [3.05, 3.63) is 30.1 Å². The molecule has 2 heterocycles. The van der Waals surface area contributed by atoms with Crippen molar-refractivity contribution >= 4 is 0 Å². The van der Waals surface area contributed by atoms with E-state index in [1.54, 1.807) is 6.20 Å². The van der Waals surface area contributed by atoms with Gasteiger partial charge in [0, 0.05) is 30.6 Å². The number of ether oxygens (including phenoxy) is 2. The Balaban J connectivity index is 2.05. The van der Waals surface area contributed by atoms with Gasteiger partial charge in [-0.2, -0.15) is 0 Å². The van der Waals surface area contributed by atoms with Crippen molar-refractivity contribution in [1.29, 1.82) is 0 Å². The van der Waals surface area contributed by atoms with Crippen molar-refractivity contribution in [3.63, 3.8) is 0 Å². The molecule has 2 rings (SSSR count). The van der Waals surface area contributed by atoms with Gasteiger partial charge in [-0.05, 0) is 19.4 Å². The number of aromatic nitrogens is 1. The Morgan fingerprint density at radius 3 is 3.06 bits per heavy atom. The highest BCUT2D eigenvalue weighted by Gasteiger charge is 2.24. The van der Waals surface area contributed by atoms with E-state index >= 15 is 0 Å². The average molecular weight is 222 g/mol. The van der Waals surface area contributed by atoms with Gasteiger partial charge < -0.3 is 15.2 Å². The lowest BCUT2D eigenvalue weighted by Gasteiger charge is -2.24. The van der Waals surface area contributed by atoms with Gasteiger partial charge >= 0.3 is 0 Å². The zero-order valence-electron chi connectivity index (χ0n) is 9.50. The van der Waals surface area contributed by atoms with Gasteiger partial charge in [0.05, 0.1) is 18.8 Å². The number of nitrogens with zero attached hydrogens (tertiary/aromatic N) is 1. The number of hydrogen-bond donors (Lipinski definition) is 1. The van der Waals surface area contributed by atoms with Crippen molar-refractivity contribution in [2.24, 2.45) is 5.73 Å². The fourth-order valence-corrected chi connectivity index (χ4v) is 1.88. The molecule has 2 N–H and O–H groups in total. The maximum atomic E-state index is 5.97. The third-order valence-electron chi connectivity index (χ3n) is 2.72. The minimum atomic E-state index is -0.0969. The normalized spacial score (nSPS) is 24.2. The second kappa shape index (κ2) is 5.39. The maximum Gasteiger partial charge on any atom is 0.0992 e. The highest BCUT2D eigenvalue weighted by Crippen LogP contribution is 2.23. The van der Waals surface area contributed by atoms with Crippen LogP contribution in [0.25, 0.3) is 0 Å². The third kappa shape index (κ3) is 2.78. The molecule has 0 radical (unpaired) electrons. The highest BCUT2D eigenvalue weighted by molar-refractivity contribution is 5.14. The summed E-state index contributed by atoms with van der Waals surface area (Å²) in [5.41, 5.74) is 6.99. The largest absolute Gasteiger partial charge is 0.379 e. The average Bonchev–Trinajstić information content (AvgIpc) is 2.79. The van der Waals surface area contributed by atoms with Gasteiger partial charge in [0.25, 0.3) is 0 Å². The fourth-order valence-electron chi connectivity index (χ4n) is 1.88. The molecule has 0 aromatic carbocycles. The molecule has 3 atom stereocenters. The lowest BCUT2D eigenvalue weighted by atomic mass is 10.1. The SMILES string of the molecule is CC(N)C(OC1CCOC1)c1cccnc1. The van der Waals surface area contributed by atoms with E-state index in [2.05, 4.69) is 4.98 Å². The molecule has 16 heavy (non-hydrogen) atoms. The van der Waals surface area contributed by atoms with Gasteiger partial charge in [-0.1, -0.05) is 6.07 Å². The minimum absolute atomic E-state index is 0.0511. The van der Waals surface area contributed by atoms with Crippen LogP contribution in [0.2, 0.25) is 0 Å². The Hall–Kier alpha value is -0.970. The van der Waals surface area contributed by atoms with Gasteiger partial charge in [-0.25, -0.2) is 0 Å². The highest BCUT2D eigenvalue weighted by atomic mass is 16.6. The number of rotatable bonds is 4. The topological polar surface area (TPSA) is 57.4 Å². The Morgan fingerprint density at radius 1 is 1.62 bits per heavy atom. The quantitative estimate of drug-likeness (QED) is 0.833. The van der Waals surface area contributed by atoms with E-state index in [1.165, 1.54) is 0 Å². The fraction of sp³-hybridized carbons (Fsp3) is 0.583. The molecule has 1 aromatic rings. The molecule has 4 heteroatoms. The van der Waals surface area contributed by atoms with Crippen LogP contribution in [0.3, 0.4) is 0 Å². The molecular formula is C12H18N2O2. The summed E-state index contributed by atoms with van der Waals surface area (Å²) in [7, 11) is 0. The molecule has 88 valence electrons. The van der Waals surface area contributed by atoms with E-state index in [9.17, 15) is 0 Å². The van der Waals surface area contributed by atoms with Crippen molar-refractivity contribution in [2.75, 3.05) is 13.2 Å². The van der Waals surface area contributed by atoms with E-state index in [4.69, 9.17) is 15.2 Å². The summed E-state index contributed by atoms with van der Waals surface area (Å²) in [6, 6.07) is 3.85. The van der Waals surface area contributed by atoms with E-state index < -0.39 is 0 Å². The van der Waals surface area contributed by atoms with E-state index in [1.807, 2.05) is 25.3 Å². The van der Waals surface area contributed by atoms with E-state index in [0.29, 0.717) is 6.61 Å². The predicted octanol–water partition coefficient (Wildman–Crippen LogP) is 1.28. The second-order valence-electron chi connectivity index (χ2n) is 4.19. The monoisotopic (exact) mass is 222 g/mol. The maximum absolute atomic E-state index is 5.97. The van der Waals surface area contributed by atoms with E-state index in [-0.39, 0.29) is 18.2 Å².